The largest absolute Gasteiger partial charge is 0.382 e. The summed E-state index contributed by atoms with van der Waals surface area (Å²) >= 11 is 0. The Kier molecular flexibility index (Phi) is 4.94. The van der Waals surface area contributed by atoms with E-state index in [1.807, 2.05) is 0 Å². The second-order valence-corrected chi connectivity index (χ2v) is 6.10. The maximum atomic E-state index is 3.82. The molecule has 0 heterocycles. The zero-order valence-corrected chi connectivity index (χ0v) is 12.7. The van der Waals surface area contributed by atoms with Crippen molar-refractivity contribution in [2.75, 3.05) is 5.32 Å². The van der Waals surface area contributed by atoms with Crippen molar-refractivity contribution >= 4 is 5.69 Å². The molecule has 0 aliphatic heterocycles. The first-order valence-corrected chi connectivity index (χ1v) is 8.34. The maximum absolute atomic E-state index is 3.82. The third-order valence-electron chi connectivity index (χ3n) is 4.48. The summed E-state index contributed by atoms with van der Waals surface area (Å²) in [7, 11) is 0. The number of hydrogen-bond donors (Lipinski definition) is 1. The van der Waals surface area contributed by atoms with Gasteiger partial charge in [-0.3, -0.25) is 0 Å². The van der Waals surface area contributed by atoms with Gasteiger partial charge in [0.1, 0.15) is 0 Å². The third kappa shape index (κ3) is 3.87. The van der Waals surface area contributed by atoms with Gasteiger partial charge in [0, 0.05) is 17.3 Å². The second-order valence-electron chi connectivity index (χ2n) is 6.10. The maximum Gasteiger partial charge on any atom is 0.0422 e. The summed E-state index contributed by atoms with van der Waals surface area (Å²) in [5, 5.41) is 3.82. The topological polar surface area (TPSA) is 12.0 Å². The van der Waals surface area contributed by atoms with Crippen molar-refractivity contribution in [2.45, 2.75) is 51.0 Å². The summed E-state index contributed by atoms with van der Waals surface area (Å²) in [6.07, 6.45) is 9.58. The second kappa shape index (κ2) is 7.31. The van der Waals surface area contributed by atoms with E-state index >= 15 is 0 Å². The number of para-hydroxylation sites is 1. The molecule has 0 atom stereocenters. The molecule has 1 aliphatic rings. The summed E-state index contributed by atoms with van der Waals surface area (Å²) in [6.45, 7) is 0. The lowest BCUT2D eigenvalue weighted by molar-refractivity contribution is 0.471. The van der Waals surface area contributed by atoms with E-state index in [0.29, 0.717) is 6.04 Å². The van der Waals surface area contributed by atoms with E-state index in [2.05, 4.69) is 59.9 Å². The number of anilines is 1. The Labute approximate surface area is 128 Å². The van der Waals surface area contributed by atoms with Gasteiger partial charge in [0.2, 0.25) is 0 Å². The van der Waals surface area contributed by atoms with Crippen LogP contribution in [0, 0.1) is 0 Å². The molecule has 110 valence electrons. The summed E-state index contributed by atoms with van der Waals surface area (Å²) in [5.41, 5.74) is 3.90. The van der Waals surface area contributed by atoms with Crippen molar-refractivity contribution in [2.24, 2.45) is 0 Å². The molecule has 0 spiro atoms. The molecule has 1 N–H and O–H groups in total. The van der Waals surface area contributed by atoms with Gasteiger partial charge in [-0.25, -0.2) is 0 Å². The van der Waals surface area contributed by atoms with Crippen LogP contribution >= 0.6 is 0 Å². The van der Waals surface area contributed by atoms with Crippen LogP contribution < -0.4 is 5.32 Å². The lowest BCUT2D eigenvalue weighted by atomic mass is 9.95. The van der Waals surface area contributed by atoms with Crippen molar-refractivity contribution in [3.05, 3.63) is 54.6 Å². The molecule has 21 heavy (non-hydrogen) atoms. The fourth-order valence-corrected chi connectivity index (χ4v) is 3.30. The van der Waals surface area contributed by atoms with Gasteiger partial charge in [-0.1, -0.05) is 80.6 Å². The van der Waals surface area contributed by atoms with Crippen molar-refractivity contribution in [1.29, 1.82) is 0 Å². The average Bonchev–Trinajstić information content (AvgIpc) is 2.51. The van der Waals surface area contributed by atoms with Gasteiger partial charge in [-0.2, -0.15) is 0 Å². The van der Waals surface area contributed by atoms with Gasteiger partial charge >= 0.3 is 0 Å². The van der Waals surface area contributed by atoms with Crippen molar-refractivity contribution in [3.8, 4) is 11.1 Å². The normalized spacial score (nSPS) is 17.0. The van der Waals surface area contributed by atoms with Crippen LogP contribution in [-0.4, -0.2) is 6.04 Å². The summed E-state index contributed by atoms with van der Waals surface area (Å²) in [4.78, 5) is 0. The standard InChI is InChI=1S/C20H25N/c1-2-7-13-18(14-8-3-1)21-20-16-10-9-15-19(20)17-11-5-4-6-12-17/h4-6,9-12,15-16,18,21H,1-3,7-8,13-14H2. The summed E-state index contributed by atoms with van der Waals surface area (Å²) in [6, 6.07) is 20.0. The van der Waals surface area contributed by atoms with Crippen LogP contribution in [0.3, 0.4) is 0 Å². The molecule has 0 radical (unpaired) electrons. The van der Waals surface area contributed by atoms with Gasteiger partial charge in [0.15, 0.2) is 0 Å². The minimum Gasteiger partial charge on any atom is -0.382 e. The Hall–Kier alpha value is -1.76. The van der Waals surface area contributed by atoms with Gasteiger partial charge < -0.3 is 5.32 Å². The fourth-order valence-electron chi connectivity index (χ4n) is 3.30. The van der Waals surface area contributed by atoms with Crippen LogP contribution in [0.15, 0.2) is 54.6 Å². The predicted octanol–water partition coefficient (Wildman–Crippen LogP) is 5.88. The van der Waals surface area contributed by atoms with E-state index in [0.717, 1.165) is 0 Å². The molecule has 1 heteroatoms. The first-order valence-electron chi connectivity index (χ1n) is 8.34. The highest BCUT2D eigenvalue weighted by molar-refractivity contribution is 5.77. The first-order chi connectivity index (χ1) is 10.4. The molecule has 0 unspecified atom stereocenters. The van der Waals surface area contributed by atoms with Crippen LogP contribution in [0.2, 0.25) is 0 Å². The molecule has 1 fully saturated rings. The number of hydrogen-bond acceptors (Lipinski definition) is 1. The van der Waals surface area contributed by atoms with E-state index < -0.39 is 0 Å². The lowest BCUT2D eigenvalue weighted by Gasteiger charge is -2.23. The number of rotatable bonds is 3. The van der Waals surface area contributed by atoms with Crippen molar-refractivity contribution in [3.63, 3.8) is 0 Å². The highest BCUT2D eigenvalue weighted by atomic mass is 14.9. The Morgan fingerprint density at radius 1 is 0.667 bits per heavy atom. The Morgan fingerprint density at radius 2 is 1.29 bits per heavy atom. The minimum atomic E-state index is 0.634. The van der Waals surface area contributed by atoms with E-state index in [1.54, 1.807) is 0 Å². The monoisotopic (exact) mass is 279 g/mol. The van der Waals surface area contributed by atoms with E-state index in [9.17, 15) is 0 Å². The quantitative estimate of drug-likeness (QED) is 0.740. The minimum absolute atomic E-state index is 0.634. The Balaban J connectivity index is 1.78. The molecule has 3 rings (SSSR count). The van der Waals surface area contributed by atoms with E-state index in [-0.39, 0.29) is 0 Å². The van der Waals surface area contributed by atoms with Gasteiger partial charge in [-0.15, -0.1) is 0 Å². The first kappa shape index (κ1) is 14.2. The average molecular weight is 279 g/mol. The van der Waals surface area contributed by atoms with Crippen LogP contribution in [0.5, 0.6) is 0 Å². The molecule has 0 aromatic heterocycles. The number of benzene rings is 2. The molecule has 0 amide bonds. The van der Waals surface area contributed by atoms with E-state index in [4.69, 9.17) is 0 Å². The van der Waals surface area contributed by atoms with Gasteiger partial charge in [0.25, 0.3) is 0 Å². The fraction of sp³-hybridized carbons (Fsp3) is 0.400. The van der Waals surface area contributed by atoms with Gasteiger partial charge in [0.05, 0.1) is 0 Å². The molecule has 2 aromatic rings. The van der Waals surface area contributed by atoms with E-state index in [1.165, 1.54) is 61.8 Å². The molecule has 1 aliphatic carbocycles. The molecule has 2 aromatic carbocycles. The van der Waals surface area contributed by atoms with Crippen LogP contribution in [0.1, 0.15) is 44.9 Å². The number of nitrogens with one attached hydrogen (secondary N) is 1. The summed E-state index contributed by atoms with van der Waals surface area (Å²) in [5.74, 6) is 0. The molecular formula is C20H25N. The Morgan fingerprint density at radius 3 is 2.05 bits per heavy atom. The van der Waals surface area contributed by atoms with Crippen molar-refractivity contribution in [1.82, 2.24) is 0 Å². The van der Waals surface area contributed by atoms with Crippen LogP contribution in [0.25, 0.3) is 11.1 Å². The molecule has 1 saturated carbocycles. The third-order valence-corrected chi connectivity index (χ3v) is 4.48. The zero-order valence-electron chi connectivity index (χ0n) is 12.7. The van der Waals surface area contributed by atoms with Crippen LogP contribution in [0.4, 0.5) is 5.69 Å². The van der Waals surface area contributed by atoms with Crippen LogP contribution in [-0.2, 0) is 0 Å². The highest BCUT2D eigenvalue weighted by Crippen LogP contribution is 2.29. The lowest BCUT2D eigenvalue weighted by Crippen LogP contribution is -2.20. The highest BCUT2D eigenvalue weighted by Gasteiger charge is 2.13. The Bertz CT molecular complexity index is 539. The summed E-state index contributed by atoms with van der Waals surface area (Å²) < 4.78 is 0. The molecule has 1 nitrogen and oxygen atoms in total. The van der Waals surface area contributed by atoms with Crippen molar-refractivity contribution < 1.29 is 0 Å². The smallest absolute Gasteiger partial charge is 0.0422 e. The van der Waals surface area contributed by atoms with Gasteiger partial charge in [-0.05, 0) is 24.5 Å². The SMILES string of the molecule is c1ccc(-c2ccccc2NC2CCCCCCC2)cc1. The molecule has 0 bridgehead atoms. The molecular weight excluding hydrogens is 254 g/mol. The predicted molar refractivity (Wildman–Crippen MR) is 91.6 cm³/mol. The zero-order chi connectivity index (χ0) is 14.3. The molecule has 0 saturated heterocycles.